The first-order valence-corrected chi connectivity index (χ1v) is 6.59. The second-order valence-electron chi connectivity index (χ2n) is 3.74. The lowest BCUT2D eigenvalue weighted by molar-refractivity contribution is -0.137. The molecule has 0 radical (unpaired) electrons. The molecule has 0 heterocycles. The molecule has 0 aliphatic carbocycles. The first kappa shape index (κ1) is 14.8. The van der Waals surface area contributed by atoms with Crippen LogP contribution in [-0.4, -0.2) is 24.8 Å². The van der Waals surface area contributed by atoms with Crippen LogP contribution in [0.5, 0.6) is 11.5 Å². The number of ether oxygens (including phenoxy) is 2. The maximum atomic E-state index is 10.5. The number of carbonyl (C=O) groups is 1. The lowest BCUT2D eigenvalue weighted by atomic mass is 10.1. The summed E-state index contributed by atoms with van der Waals surface area (Å²) in [6, 6.07) is 3.72. The average Bonchev–Trinajstić information content (AvgIpc) is 2.33. The van der Waals surface area contributed by atoms with Gasteiger partial charge in [0, 0.05) is 16.5 Å². The van der Waals surface area contributed by atoms with Crippen LogP contribution in [0.25, 0.3) is 0 Å². The quantitative estimate of drug-likeness (QED) is 0.838. The van der Waals surface area contributed by atoms with E-state index in [9.17, 15) is 4.79 Å². The molecule has 0 saturated heterocycles. The van der Waals surface area contributed by atoms with Crippen LogP contribution in [0, 0.1) is 0 Å². The number of halogens is 1. The first-order valence-electron chi connectivity index (χ1n) is 5.80. The number of methoxy groups -OCH3 is 1. The third kappa shape index (κ3) is 3.91. The van der Waals surface area contributed by atoms with Crippen molar-refractivity contribution in [3.8, 4) is 11.5 Å². The van der Waals surface area contributed by atoms with Gasteiger partial charge in [-0.1, -0.05) is 15.9 Å². The van der Waals surface area contributed by atoms with E-state index in [-0.39, 0.29) is 6.42 Å². The highest BCUT2D eigenvalue weighted by molar-refractivity contribution is 9.10. The van der Waals surface area contributed by atoms with Crippen molar-refractivity contribution in [2.45, 2.75) is 26.2 Å². The van der Waals surface area contributed by atoms with E-state index in [1.54, 1.807) is 7.11 Å². The maximum absolute atomic E-state index is 10.5. The smallest absolute Gasteiger partial charge is 0.303 e. The van der Waals surface area contributed by atoms with Gasteiger partial charge in [0.1, 0.15) is 0 Å². The Morgan fingerprint density at radius 3 is 2.72 bits per heavy atom. The Hall–Kier alpha value is -1.23. The van der Waals surface area contributed by atoms with Crippen molar-refractivity contribution in [2.75, 3.05) is 13.7 Å². The molecule has 0 saturated carbocycles. The molecule has 1 rings (SSSR count). The molecule has 100 valence electrons. The number of carboxylic acid groups (broad SMARTS) is 1. The molecule has 0 fully saturated rings. The molecule has 0 spiro atoms. The van der Waals surface area contributed by atoms with Crippen LogP contribution in [0.2, 0.25) is 0 Å². The highest BCUT2D eigenvalue weighted by Crippen LogP contribution is 2.37. The van der Waals surface area contributed by atoms with Crippen LogP contribution >= 0.6 is 15.9 Å². The number of benzene rings is 1. The van der Waals surface area contributed by atoms with Gasteiger partial charge in [-0.05, 0) is 31.9 Å². The fraction of sp³-hybridized carbons (Fsp3) is 0.462. The standard InChI is InChI=1S/C13H17BrO4/c1-3-18-13-9(5-4-6-12(15)16)10(14)7-8-11(13)17-2/h7-8H,3-6H2,1-2H3,(H,15,16). The summed E-state index contributed by atoms with van der Waals surface area (Å²) in [5.74, 6) is 0.581. The summed E-state index contributed by atoms with van der Waals surface area (Å²) in [7, 11) is 1.59. The van der Waals surface area contributed by atoms with E-state index in [1.807, 2.05) is 19.1 Å². The van der Waals surface area contributed by atoms with Gasteiger partial charge in [-0.3, -0.25) is 4.79 Å². The minimum Gasteiger partial charge on any atom is -0.493 e. The fourth-order valence-electron chi connectivity index (χ4n) is 1.69. The average molecular weight is 317 g/mol. The lowest BCUT2D eigenvalue weighted by Gasteiger charge is -2.15. The SMILES string of the molecule is CCOc1c(OC)ccc(Br)c1CCCC(=O)O. The zero-order valence-electron chi connectivity index (χ0n) is 10.5. The Morgan fingerprint density at radius 2 is 2.17 bits per heavy atom. The summed E-state index contributed by atoms with van der Waals surface area (Å²) in [5, 5.41) is 8.67. The molecule has 1 N–H and O–H groups in total. The van der Waals surface area contributed by atoms with E-state index in [0.29, 0.717) is 30.9 Å². The summed E-state index contributed by atoms with van der Waals surface area (Å²) in [6.07, 6.45) is 1.36. The third-order valence-corrected chi connectivity index (χ3v) is 3.24. The van der Waals surface area contributed by atoms with Crippen LogP contribution in [0.3, 0.4) is 0 Å². The minimum atomic E-state index is -0.785. The Morgan fingerprint density at radius 1 is 1.44 bits per heavy atom. The predicted molar refractivity (Wildman–Crippen MR) is 72.4 cm³/mol. The molecule has 0 aromatic heterocycles. The number of rotatable bonds is 7. The largest absolute Gasteiger partial charge is 0.493 e. The van der Waals surface area contributed by atoms with Crippen molar-refractivity contribution in [3.05, 3.63) is 22.2 Å². The van der Waals surface area contributed by atoms with E-state index in [2.05, 4.69) is 15.9 Å². The van der Waals surface area contributed by atoms with E-state index in [4.69, 9.17) is 14.6 Å². The van der Waals surface area contributed by atoms with Gasteiger partial charge in [-0.15, -0.1) is 0 Å². The Kier molecular flexibility index (Phi) is 5.98. The van der Waals surface area contributed by atoms with Crippen LogP contribution in [0.4, 0.5) is 0 Å². The molecule has 5 heteroatoms. The van der Waals surface area contributed by atoms with Crippen molar-refractivity contribution in [1.82, 2.24) is 0 Å². The lowest BCUT2D eigenvalue weighted by Crippen LogP contribution is -2.02. The van der Waals surface area contributed by atoms with Gasteiger partial charge >= 0.3 is 5.97 Å². The maximum Gasteiger partial charge on any atom is 0.303 e. The van der Waals surface area contributed by atoms with Gasteiger partial charge in [0.15, 0.2) is 11.5 Å². The summed E-state index contributed by atoms with van der Waals surface area (Å²) in [4.78, 5) is 10.5. The molecule has 0 unspecified atom stereocenters. The molecular formula is C13H17BrO4. The number of carboxylic acids is 1. The number of hydrogen-bond donors (Lipinski definition) is 1. The van der Waals surface area contributed by atoms with Gasteiger partial charge < -0.3 is 14.6 Å². The Balaban J connectivity index is 2.94. The van der Waals surface area contributed by atoms with E-state index < -0.39 is 5.97 Å². The van der Waals surface area contributed by atoms with Gasteiger partial charge in [0.2, 0.25) is 0 Å². The van der Waals surface area contributed by atoms with Crippen LogP contribution in [0.1, 0.15) is 25.3 Å². The second kappa shape index (κ2) is 7.26. The molecule has 0 aliphatic heterocycles. The molecular weight excluding hydrogens is 300 g/mol. The summed E-state index contributed by atoms with van der Waals surface area (Å²) < 4.78 is 11.8. The monoisotopic (exact) mass is 316 g/mol. The fourth-order valence-corrected chi connectivity index (χ4v) is 2.21. The number of aliphatic carboxylic acids is 1. The Labute approximate surface area is 115 Å². The third-order valence-electron chi connectivity index (χ3n) is 2.49. The van der Waals surface area contributed by atoms with Crippen LogP contribution in [0.15, 0.2) is 16.6 Å². The first-order chi connectivity index (χ1) is 8.60. The molecule has 0 aliphatic rings. The van der Waals surface area contributed by atoms with E-state index >= 15 is 0 Å². The molecule has 0 amide bonds. The Bertz CT molecular complexity index is 418. The van der Waals surface area contributed by atoms with Crippen molar-refractivity contribution in [3.63, 3.8) is 0 Å². The van der Waals surface area contributed by atoms with Crippen molar-refractivity contribution in [1.29, 1.82) is 0 Å². The molecule has 1 aromatic carbocycles. The van der Waals surface area contributed by atoms with Crippen molar-refractivity contribution >= 4 is 21.9 Å². The van der Waals surface area contributed by atoms with Gasteiger partial charge in [0.25, 0.3) is 0 Å². The second-order valence-corrected chi connectivity index (χ2v) is 4.59. The normalized spacial score (nSPS) is 10.2. The van der Waals surface area contributed by atoms with Gasteiger partial charge in [-0.25, -0.2) is 0 Å². The zero-order chi connectivity index (χ0) is 13.5. The zero-order valence-corrected chi connectivity index (χ0v) is 12.1. The highest BCUT2D eigenvalue weighted by Gasteiger charge is 2.14. The highest BCUT2D eigenvalue weighted by atomic mass is 79.9. The molecule has 4 nitrogen and oxygen atoms in total. The van der Waals surface area contributed by atoms with Crippen molar-refractivity contribution in [2.24, 2.45) is 0 Å². The van der Waals surface area contributed by atoms with Gasteiger partial charge in [-0.2, -0.15) is 0 Å². The topological polar surface area (TPSA) is 55.8 Å². The van der Waals surface area contributed by atoms with Crippen molar-refractivity contribution < 1.29 is 19.4 Å². The van der Waals surface area contributed by atoms with Crippen LogP contribution in [-0.2, 0) is 11.2 Å². The number of hydrogen-bond acceptors (Lipinski definition) is 3. The van der Waals surface area contributed by atoms with E-state index in [1.165, 1.54) is 0 Å². The van der Waals surface area contributed by atoms with E-state index in [0.717, 1.165) is 10.0 Å². The minimum absolute atomic E-state index is 0.148. The summed E-state index contributed by atoms with van der Waals surface area (Å²) >= 11 is 3.46. The molecule has 18 heavy (non-hydrogen) atoms. The summed E-state index contributed by atoms with van der Waals surface area (Å²) in [5.41, 5.74) is 0.956. The summed E-state index contributed by atoms with van der Waals surface area (Å²) in [6.45, 7) is 2.44. The molecule has 0 atom stereocenters. The van der Waals surface area contributed by atoms with Crippen LogP contribution < -0.4 is 9.47 Å². The predicted octanol–water partition coefficient (Wildman–Crippen LogP) is 3.26. The molecule has 0 bridgehead atoms. The molecule has 1 aromatic rings. The van der Waals surface area contributed by atoms with Gasteiger partial charge in [0.05, 0.1) is 13.7 Å².